The molecule has 2 nitrogen and oxygen atoms in total. The minimum atomic E-state index is -3.31. The first-order valence-corrected chi connectivity index (χ1v) is 4.85. The van der Waals surface area contributed by atoms with Crippen molar-refractivity contribution in [2.45, 2.75) is 12.0 Å². The fourth-order valence-corrected chi connectivity index (χ4v) is 1.29. The van der Waals surface area contributed by atoms with Crippen molar-refractivity contribution in [1.29, 1.82) is 0 Å². The molecule has 88 valence electrons. The van der Waals surface area contributed by atoms with Crippen molar-refractivity contribution in [3.8, 4) is 0 Å². The molecule has 0 radical (unpaired) electrons. The molecule has 1 aromatic rings. The molecule has 4 heteroatoms. The van der Waals surface area contributed by atoms with E-state index in [0.29, 0.717) is 6.08 Å². The van der Waals surface area contributed by atoms with E-state index >= 15 is 0 Å². The number of alkyl halides is 2. The second-order valence-electron chi connectivity index (χ2n) is 3.77. The first kappa shape index (κ1) is 12.6. The lowest BCUT2D eigenvalue weighted by Gasteiger charge is -2.20. The first-order valence-electron chi connectivity index (χ1n) is 4.85. The Balaban J connectivity index is 2.94. The van der Waals surface area contributed by atoms with Crippen LogP contribution in [0.2, 0.25) is 0 Å². The Morgan fingerprint density at radius 2 is 1.81 bits per heavy atom. The summed E-state index contributed by atoms with van der Waals surface area (Å²) in [6.07, 6.45) is -1.39. The Labute approximate surface area is 93.8 Å². The minimum Gasteiger partial charge on any atom is -0.382 e. The lowest BCUT2D eigenvalue weighted by atomic mass is 10.0. The molecule has 1 N–H and O–H groups in total. The summed E-state index contributed by atoms with van der Waals surface area (Å²) in [4.78, 5) is 1.85. The number of aliphatic hydroxyl groups is 1. The SMILES string of the molecule is C=CC(F)(F)C(O)c1ccc(N(C)C)cc1. The molecule has 1 unspecified atom stereocenters. The zero-order valence-corrected chi connectivity index (χ0v) is 9.32. The third-order valence-corrected chi connectivity index (χ3v) is 2.36. The van der Waals surface area contributed by atoms with Crippen LogP contribution in [0.5, 0.6) is 0 Å². The third kappa shape index (κ3) is 2.58. The van der Waals surface area contributed by atoms with Crippen molar-refractivity contribution in [3.05, 3.63) is 42.5 Å². The van der Waals surface area contributed by atoms with Crippen LogP contribution in [-0.2, 0) is 0 Å². The zero-order valence-electron chi connectivity index (χ0n) is 9.32. The molecule has 1 rings (SSSR count). The van der Waals surface area contributed by atoms with Crippen LogP contribution < -0.4 is 4.90 Å². The fourth-order valence-electron chi connectivity index (χ4n) is 1.29. The van der Waals surface area contributed by atoms with E-state index in [2.05, 4.69) is 6.58 Å². The first-order chi connectivity index (χ1) is 7.38. The monoisotopic (exact) mass is 227 g/mol. The van der Waals surface area contributed by atoms with Crippen molar-refractivity contribution >= 4 is 5.69 Å². The highest BCUT2D eigenvalue weighted by atomic mass is 19.3. The molecule has 0 aliphatic heterocycles. The van der Waals surface area contributed by atoms with Gasteiger partial charge in [-0.1, -0.05) is 18.7 Å². The van der Waals surface area contributed by atoms with Crippen molar-refractivity contribution in [2.75, 3.05) is 19.0 Å². The maximum Gasteiger partial charge on any atom is 0.295 e. The number of halogens is 2. The Bertz CT molecular complexity index is 360. The van der Waals surface area contributed by atoms with Gasteiger partial charge in [-0.3, -0.25) is 0 Å². The molecule has 0 spiro atoms. The summed E-state index contributed by atoms with van der Waals surface area (Å²) in [6.45, 7) is 3.01. The maximum absolute atomic E-state index is 13.1. The number of hydrogen-bond acceptors (Lipinski definition) is 2. The van der Waals surface area contributed by atoms with Crippen molar-refractivity contribution in [2.24, 2.45) is 0 Å². The normalized spacial score (nSPS) is 13.3. The Morgan fingerprint density at radius 1 is 1.31 bits per heavy atom. The zero-order chi connectivity index (χ0) is 12.3. The predicted molar refractivity (Wildman–Crippen MR) is 60.9 cm³/mol. The van der Waals surface area contributed by atoms with E-state index in [1.54, 1.807) is 12.1 Å². The summed E-state index contributed by atoms with van der Waals surface area (Å²) < 4.78 is 26.2. The Hall–Kier alpha value is -1.42. The molecule has 0 aliphatic rings. The number of rotatable bonds is 4. The molecule has 0 aromatic heterocycles. The van der Waals surface area contributed by atoms with E-state index in [1.807, 2.05) is 19.0 Å². The predicted octanol–water partition coefficient (Wildman–Crippen LogP) is 2.61. The molecule has 0 heterocycles. The van der Waals surface area contributed by atoms with Gasteiger partial charge in [-0.25, -0.2) is 0 Å². The Kier molecular flexibility index (Phi) is 3.65. The molecule has 0 aliphatic carbocycles. The summed E-state index contributed by atoms with van der Waals surface area (Å²) in [5, 5.41) is 9.44. The van der Waals surface area contributed by atoms with Gasteiger partial charge in [-0.15, -0.1) is 0 Å². The highest BCUT2D eigenvalue weighted by molar-refractivity contribution is 5.46. The minimum absolute atomic E-state index is 0.176. The van der Waals surface area contributed by atoms with Gasteiger partial charge in [-0.05, 0) is 23.8 Å². The van der Waals surface area contributed by atoms with Gasteiger partial charge in [0.05, 0.1) is 0 Å². The summed E-state index contributed by atoms with van der Waals surface area (Å²) in [7, 11) is 3.70. The lowest BCUT2D eigenvalue weighted by molar-refractivity contribution is -0.0712. The van der Waals surface area contributed by atoms with Crippen LogP contribution in [0, 0.1) is 0 Å². The van der Waals surface area contributed by atoms with Gasteiger partial charge in [0.1, 0.15) is 6.10 Å². The van der Waals surface area contributed by atoms with Crippen LogP contribution in [0.15, 0.2) is 36.9 Å². The van der Waals surface area contributed by atoms with Crippen LogP contribution in [0.25, 0.3) is 0 Å². The number of nitrogens with zero attached hydrogens (tertiary/aromatic N) is 1. The average molecular weight is 227 g/mol. The van der Waals surface area contributed by atoms with Crippen LogP contribution in [0.3, 0.4) is 0 Å². The molecule has 0 fully saturated rings. The van der Waals surface area contributed by atoms with Crippen LogP contribution in [0.1, 0.15) is 11.7 Å². The topological polar surface area (TPSA) is 23.5 Å². The van der Waals surface area contributed by atoms with E-state index in [1.165, 1.54) is 12.1 Å². The molecule has 0 amide bonds. The van der Waals surface area contributed by atoms with E-state index in [4.69, 9.17) is 0 Å². The quantitative estimate of drug-likeness (QED) is 0.799. The number of hydrogen-bond donors (Lipinski definition) is 1. The van der Waals surface area contributed by atoms with Gasteiger partial charge < -0.3 is 10.0 Å². The van der Waals surface area contributed by atoms with Gasteiger partial charge in [0.15, 0.2) is 0 Å². The van der Waals surface area contributed by atoms with E-state index in [0.717, 1.165) is 5.69 Å². The largest absolute Gasteiger partial charge is 0.382 e. The molecular formula is C12H15F2NO. The van der Waals surface area contributed by atoms with E-state index in [-0.39, 0.29) is 5.56 Å². The molecule has 1 atom stereocenters. The molecule has 0 saturated carbocycles. The molecule has 16 heavy (non-hydrogen) atoms. The standard InChI is InChI=1S/C12H15F2NO/c1-4-12(13,14)11(16)9-5-7-10(8-6-9)15(2)3/h4-8,11,16H,1H2,2-3H3. The van der Waals surface area contributed by atoms with Gasteiger partial charge in [0, 0.05) is 19.8 Å². The van der Waals surface area contributed by atoms with Crippen molar-refractivity contribution in [1.82, 2.24) is 0 Å². The highest BCUT2D eigenvalue weighted by Crippen LogP contribution is 2.32. The number of anilines is 1. The van der Waals surface area contributed by atoms with E-state index in [9.17, 15) is 13.9 Å². The molecular weight excluding hydrogens is 212 g/mol. The maximum atomic E-state index is 13.1. The molecule has 1 aromatic carbocycles. The van der Waals surface area contributed by atoms with Gasteiger partial charge in [0.25, 0.3) is 5.92 Å². The smallest absolute Gasteiger partial charge is 0.295 e. The lowest BCUT2D eigenvalue weighted by Crippen LogP contribution is -2.23. The summed E-state index contributed by atoms with van der Waals surface area (Å²) >= 11 is 0. The number of aliphatic hydroxyl groups excluding tert-OH is 1. The van der Waals surface area contributed by atoms with E-state index < -0.39 is 12.0 Å². The van der Waals surface area contributed by atoms with Gasteiger partial charge >= 0.3 is 0 Å². The second kappa shape index (κ2) is 4.61. The number of benzene rings is 1. The Morgan fingerprint density at radius 3 is 2.19 bits per heavy atom. The summed E-state index contributed by atoms with van der Waals surface area (Å²) in [6, 6.07) is 6.32. The summed E-state index contributed by atoms with van der Waals surface area (Å²) in [5.74, 6) is -3.31. The van der Waals surface area contributed by atoms with Crippen LogP contribution >= 0.6 is 0 Å². The van der Waals surface area contributed by atoms with Crippen molar-refractivity contribution in [3.63, 3.8) is 0 Å². The molecule has 0 bridgehead atoms. The summed E-state index contributed by atoms with van der Waals surface area (Å²) in [5.41, 5.74) is 1.06. The van der Waals surface area contributed by atoms with Gasteiger partial charge in [0.2, 0.25) is 0 Å². The van der Waals surface area contributed by atoms with Gasteiger partial charge in [-0.2, -0.15) is 8.78 Å². The fraction of sp³-hybridized carbons (Fsp3) is 0.333. The highest BCUT2D eigenvalue weighted by Gasteiger charge is 2.35. The second-order valence-corrected chi connectivity index (χ2v) is 3.77. The van der Waals surface area contributed by atoms with Crippen molar-refractivity contribution < 1.29 is 13.9 Å². The average Bonchev–Trinajstić information content (AvgIpc) is 2.28. The van der Waals surface area contributed by atoms with Crippen LogP contribution in [-0.4, -0.2) is 25.1 Å². The molecule has 0 saturated heterocycles. The van der Waals surface area contributed by atoms with Crippen LogP contribution in [0.4, 0.5) is 14.5 Å². The third-order valence-electron chi connectivity index (χ3n) is 2.36.